The van der Waals surface area contributed by atoms with E-state index < -0.39 is 5.54 Å². The lowest BCUT2D eigenvalue weighted by atomic mass is 9.99. The van der Waals surface area contributed by atoms with Gasteiger partial charge in [0.1, 0.15) is 5.54 Å². The van der Waals surface area contributed by atoms with Gasteiger partial charge >= 0.3 is 0 Å². The molecule has 1 unspecified atom stereocenters. The zero-order valence-corrected chi connectivity index (χ0v) is 9.75. The van der Waals surface area contributed by atoms with Gasteiger partial charge in [-0.25, -0.2) is 0 Å². The van der Waals surface area contributed by atoms with E-state index in [0.717, 1.165) is 5.57 Å². The largest absolute Gasteiger partial charge is 0.379 e. The van der Waals surface area contributed by atoms with Crippen LogP contribution in [-0.4, -0.2) is 44.4 Å². The van der Waals surface area contributed by atoms with Gasteiger partial charge in [0.2, 0.25) is 5.91 Å². The standard InChI is InChI=1S/C11H20N2O3/c1-9(2)7-15-6-4-13-10(14)11(12)3-5-16-8-11/h1,3-8,12H2,2H3,(H,13,14). The van der Waals surface area contributed by atoms with E-state index in [2.05, 4.69) is 11.9 Å². The van der Waals surface area contributed by atoms with Crippen LogP contribution in [0.15, 0.2) is 12.2 Å². The summed E-state index contributed by atoms with van der Waals surface area (Å²) >= 11 is 0. The molecule has 1 rings (SSSR count). The molecule has 0 aromatic carbocycles. The minimum absolute atomic E-state index is 0.163. The van der Waals surface area contributed by atoms with Gasteiger partial charge < -0.3 is 20.5 Å². The Bertz CT molecular complexity index is 260. The van der Waals surface area contributed by atoms with E-state index in [1.54, 1.807) is 0 Å². The van der Waals surface area contributed by atoms with Crippen molar-refractivity contribution in [3.05, 3.63) is 12.2 Å². The van der Waals surface area contributed by atoms with Crippen molar-refractivity contribution in [2.45, 2.75) is 18.9 Å². The van der Waals surface area contributed by atoms with Crippen molar-refractivity contribution < 1.29 is 14.3 Å². The van der Waals surface area contributed by atoms with Gasteiger partial charge in [0, 0.05) is 13.2 Å². The van der Waals surface area contributed by atoms with Crippen LogP contribution < -0.4 is 11.1 Å². The van der Waals surface area contributed by atoms with Gasteiger partial charge in [0.25, 0.3) is 0 Å². The van der Waals surface area contributed by atoms with Gasteiger partial charge in [-0.05, 0) is 13.3 Å². The first-order valence-electron chi connectivity index (χ1n) is 5.42. The van der Waals surface area contributed by atoms with Crippen LogP contribution in [0, 0.1) is 0 Å². The third-order valence-electron chi connectivity index (χ3n) is 2.38. The van der Waals surface area contributed by atoms with Crippen LogP contribution in [0.5, 0.6) is 0 Å². The van der Waals surface area contributed by atoms with Gasteiger partial charge in [0.05, 0.1) is 19.8 Å². The second-order valence-corrected chi connectivity index (χ2v) is 4.22. The maximum Gasteiger partial charge on any atom is 0.242 e. The molecule has 1 heterocycles. The number of amides is 1. The van der Waals surface area contributed by atoms with E-state index in [1.165, 1.54) is 0 Å². The van der Waals surface area contributed by atoms with E-state index >= 15 is 0 Å². The number of carbonyl (C=O) groups is 1. The zero-order chi connectivity index (χ0) is 12.0. The van der Waals surface area contributed by atoms with E-state index in [1.807, 2.05) is 6.92 Å². The van der Waals surface area contributed by atoms with Crippen molar-refractivity contribution in [1.82, 2.24) is 5.32 Å². The number of nitrogens with one attached hydrogen (secondary N) is 1. The summed E-state index contributed by atoms with van der Waals surface area (Å²) in [5, 5.41) is 2.74. The van der Waals surface area contributed by atoms with Crippen molar-refractivity contribution in [3.63, 3.8) is 0 Å². The SMILES string of the molecule is C=C(C)COCCNC(=O)C1(N)CCOC1. The summed E-state index contributed by atoms with van der Waals surface area (Å²) in [7, 11) is 0. The molecule has 1 fully saturated rings. The van der Waals surface area contributed by atoms with Crippen LogP contribution in [0.1, 0.15) is 13.3 Å². The molecule has 0 aromatic heterocycles. The molecule has 3 N–H and O–H groups in total. The second kappa shape index (κ2) is 5.98. The van der Waals surface area contributed by atoms with Crippen molar-refractivity contribution in [2.24, 2.45) is 5.73 Å². The molecule has 1 amide bonds. The average Bonchev–Trinajstić information content (AvgIpc) is 2.65. The smallest absolute Gasteiger partial charge is 0.242 e. The molecule has 92 valence electrons. The Hall–Kier alpha value is -0.910. The van der Waals surface area contributed by atoms with Gasteiger partial charge in [-0.1, -0.05) is 12.2 Å². The molecule has 0 radical (unpaired) electrons. The molecule has 1 aliphatic heterocycles. The molecular weight excluding hydrogens is 208 g/mol. The predicted molar refractivity (Wildman–Crippen MR) is 61.0 cm³/mol. The summed E-state index contributed by atoms with van der Waals surface area (Å²) < 4.78 is 10.4. The topological polar surface area (TPSA) is 73.6 Å². The second-order valence-electron chi connectivity index (χ2n) is 4.22. The maximum atomic E-state index is 11.7. The summed E-state index contributed by atoms with van der Waals surface area (Å²) in [6, 6.07) is 0. The highest BCUT2D eigenvalue weighted by Gasteiger charge is 2.37. The van der Waals surface area contributed by atoms with Gasteiger partial charge in [-0.3, -0.25) is 4.79 Å². The highest BCUT2D eigenvalue weighted by atomic mass is 16.5. The van der Waals surface area contributed by atoms with E-state index in [0.29, 0.717) is 39.4 Å². The third-order valence-corrected chi connectivity index (χ3v) is 2.38. The molecule has 5 heteroatoms. The molecule has 1 aliphatic rings. The summed E-state index contributed by atoms with van der Waals surface area (Å²) in [6.45, 7) is 7.91. The van der Waals surface area contributed by atoms with Crippen LogP contribution >= 0.6 is 0 Å². The highest BCUT2D eigenvalue weighted by Crippen LogP contribution is 2.14. The Morgan fingerprint density at radius 3 is 3.00 bits per heavy atom. The van der Waals surface area contributed by atoms with Gasteiger partial charge in [0.15, 0.2) is 0 Å². The first-order valence-corrected chi connectivity index (χ1v) is 5.42. The highest BCUT2D eigenvalue weighted by molar-refractivity contribution is 5.86. The summed E-state index contributed by atoms with van der Waals surface area (Å²) in [4.78, 5) is 11.7. The Labute approximate surface area is 96.0 Å². The first-order chi connectivity index (χ1) is 7.54. The Balaban J connectivity index is 2.13. The van der Waals surface area contributed by atoms with Crippen LogP contribution in [-0.2, 0) is 14.3 Å². The maximum absolute atomic E-state index is 11.7. The van der Waals surface area contributed by atoms with Crippen molar-refractivity contribution in [1.29, 1.82) is 0 Å². The van der Waals surface area contributed by atoms with E-state index in [-0.39, 0.29) is 5.91 Å². The molecule has 0 spiro atoms. The minimum atomic E-state index is -0.853. The lowest BCUT2D eigenvalue weighted by Crippen LogP contribution is -2.55. The monoisotopic (exact) mass is 228 g/mol. The quantitative estimate of drug-likeness (QED) is 0.488. The number of nitrogens with two attached hydrogens (primary N) is 1. The van der Waals surface area contributed by atoms with E-state index in [4.69, 9.17) is 15.2 Å². The minimum Gasteiger partial charge on any atom is -0.379 e. The van der Waals surface area contributed by atoms with Crippen LogP contribution in [0.2, 0.25) is 0 Å². The van der Waals surface area contributed by atoms with E-state index in [9.17, 15) is 4.79 Å². The number of hydrogen-bond donors (Lipinski definition) is 2. The molecular formula is C11H20N2O3. The number of ether oxygens (including phenoxy) is 2. The van der Waals surface area contributed by atoms with Gasteiger partial charge in [-0.15, -0.1) is 0 Å². The third kappa shape index (κ3) is 3.92. The first kappa shape index (κ1) is 13.2. The fourth-order valence-corrected chi connectivity index (χ4v) is 1.42. The lowest BCUT2D eigenvalue weighted by Gasteiger charge is -2.20. The number of hydrogen-bond acceptors (Lipinski definition) is 4. The molecule has 0 saturated carbocycles. The van der Waals surface area contributed by atoms with Crippen molar-refractivity contribution in [2.75, 3.05) is 33.0 Å². The summed E-state index contributed by atoms with van der Waals surface area (Å²) in [6.07, 6.45) is 0.575. The molecule has 1 atom stereocenters. The molecule has 16 heavy (non-hydrogen) atoms. The molecule has 0 aliphatic carbocycles. The fraction of sp³-hybridized carbons (Fsp3) is 0.727. The van der Waals surface area contributed by atoms with Crippen LogP contribution in [0.4, 0.5) is 0 Å². The number of carbonyl (C=O) groups excluding carboxylic acids is 1. The summed E-state index contributed by atoms with van der Waals surface area (Å²) in [5.41, 5.74) is 5.98. The predicted octanol–water partition coefficient (Wildman–Crippen LogP) is -0.187. The lowest BCUT2D eigenvalue weighted by molar-refractivity contribution is -0.126. The Kier molecular flexibility index (Phi) is 4.92. The zero-order valence-electron chi connectivity index (χ0n) is 9.75. The fourth-order valence-electron chi connectivity index (χ4n) is 1.42. The summed E-state index contributed by atoms with van der Waals surface area (Å²) in [5.74, 6) is -0.163. The Morgan fingerprint density at radius 2 is 2.44 bits per heavy atom. The van der Waals surface area contributed by atoms with Crippen LogP contribution in [0.3, 0.4) is 0 Å². The average molecular weight is 228 g/mol. The molecule has 5 nitrogen and oxygen atoms in total. The van der Waals surface area contributed by atoms with Gasteiger partial charge in [-0.2, -0.15) is 0 Å². The molecule has 1 saturated heterocycles. The van der Waals surface area contributed by atoms with Crippen molar-refractivity contribution >= 4 is 5.91 Å². The molecule has 0 bridgehead atoms. The van der Waals surface area contributed by atoms with Crippen LogP contribution in [0.25, 0.3) is 0 Å². The van der Waals surface area contributed by atoms with Crippen molar-refractivity contribution in [3.8, 4) is 0 Å². The Morgan fingerprint density at radius 1 is 1.69 bits per heavy atom. The molecule has 0 aromatic rings. The number of rotatable bonds is 6. The normalized spacial score (nSPS) is 24.4.